The van der Waals surface area contributed by atoms with Crippen LogP contribution in [0, 0.1) is 0 Å². The van der Waals surface area contributed by atoms with Gasteiger partial charge in [0.05, 0.1) is 19.0 Å². The first kappa shape index (κ1) is 17.5. The molecule has 0 N–H and O–H groups in total. The van der Waals surface area contributed by atoms with Crippen LogP contribution in [0.15, 0.2) is 77.8 Å². The maximum atomic E-state index is 12.9. The second kappa shape index (κ2) is 8.67. The first-order valence-electron chi connectivity index (χ1n) is 7.45. The van der Waals surface area contributed by atoms with Gasteiger partial charge >= 0.3 is 7.60 Å². The number of hydrogen-bond acceptors (Lipinski definition) is 3. The normalized spacial score (nSPS) is 10.9. The third-order valence-corrected chi connectivity index (χ3v) is 4.44. The predicted octanol–water partition coefficient (Wildman–Crippen LogP) is 5.69. The van der Waals surface area contributed by atoms with E-state index in [1.165, 1.54) is 5.82 Å². The van der Waals surface area contributed by atoms with Gasteiger partial charge in [-0.05, 0) is 30.5 Å². The van der Waals surface area contributed by atoms with Gasteiger partial charge in [-0.25, -0.2) is 0 Å². The highest BCUT2D eigenvalue weighted by Crippen LogP contribution is 2.51. The van der Waals surface area contributed by atoms with E-state index in [1.807, 2.05) is 74.5 Å². The summed E-state index contributed by atoms with van der Waals surface area (Å²) in [7, 11) is -3.36. The Bertz CT molecular complexity index is 665. The van der Waals surface area contributed by atoms with Gasteiger partial charge in [0.15, 0.2) is 0 Å². The van der Waals surface area contributed by atoms with Crippen molar-refractivity contribution in [2.45, 2.75) is 27.1 Å². The Morgan fingerprint density at radius 2 is 1.35 bits per heavy atom. The van der Waals surface area contributed by atoms with Crippen molar-refractivity contribution in [2.24, 2.45) is 0 Å². The molecular weight excluding hydrogens is 307 g/mol. The Hall–Kier alpha value is -1.89. The summed E-state index contributed by atoms with van der Waals surface area (Å²) >= 11 is 0. The monoisotopic (exact) mass is 328 g/mol. The molecule has 4 heteroatoms. The zero-order valence-corrected chi connectivity index (χ0v) is 14.3. The third-order valence-electron chi connectivity index (χ3n) is 3.02. The lowest BCUT2D eigenvalue weighted by Crippen LogP contribution is -1.95. The zero-order valence-electron chi connectivity index (χ0n) is 13.4. The van der Waals surface area contributed by atoms with Gasteiger partial charge in [0.25, 0.3) is 0 Å². The largest absolute Gasteiger partial charge is 0.362 e. The molecule has 2 aromatic carbocycles. The van der Waals surface area contributed by atoms with Crippen LogP contribution in [0.25, 0.3) is 0 Å². The fourth-order valence-corrected chi connectivity index (χ4v) is 3.10. The van der Waals surface area contributed by atoms with Crippen molar-refractivity contribution in [1.29, 1.82) is 0 Å². The molecule has 0 unspecified atom stereocenters. The van der Waals surface area contributed by atoms with Gasteiger partial charge in [-0.15, -0.1) is 5.73 Å². The van der Waals surface area contributed by atoms with E-state index in [1.54, 1.807) is 0 Å². The lowest BCUT2D eigenvalue weighted by atomic mass is 10.2. The first-order chi connectivity index (χ1) is 11.1. The summed E-state index contributed by atoms with van der Waals surface area (Å²) in [5, 5.41) is 0. The van der Waals surface area contributed by atoms with Crippen LogP contribution >= 0.6 is 7.60 Å². The van der Waals surface area contributed by atoms with Crippen molar-refractivity contribution in [1.82, 2.24) is 0 Å². The average molecular weight is 328 g/mol. The molecule has 23 heavy (non-hydrogen) atoms. The fraction of sp³-hybridized carbons (Fsp3) is 0.211. The van der Waals surface area contributed by atoms with Gasteiger partial charge in [-0.3, -0.25) is 4.57 Å². The second-order valence-electron chi connectivity index (χ2n) is 5.33. The van der Waals surface area contributed by atoms with Crippen LogP contribution in [-0.4, -0.2) is 0 Å². The fourth-order valence-electron chi connectivity index (χ4n) is 1.80. The average Bonchev–Trinajstić information content (AvgIpc) is 2.59. The minimum Gasteiger partial charge on any atom is -0.300 e. The summed E-state index contributed by atoms with van der Waals surface area (Å²) in [5.74, 6) is 1.41. The van der Waals surface area contributed by atoms with Crippen LogP contribution in [0.5, 0.6) is 0 Å². The van der Waals surface area contributed by atoms with Crippen molar-refractivity contribution in [3.8, 4) is 0 Å². The molecule has 0 aliphatic carbocycles. The number of benzene rings is 2. The highest BCUT2D eigenvalue weighted by Gasteiger charge is 2.21. The number of hydrogen-bond donors (Lipinski definition) is 0. The van der Waals surface area contributed by atoms with E-state index in [0.717, 1.165) is 16.7 Å². The van der Waals surface area contributed by atoms with Crippen LogP contribution in [0.3, 0.4) is 0 Å². The lowest BCUT2D eigenvalue weighted by molar-refractivity contribution is 0.199. The van der Waals surface area contributed by atoms with E-state index >= 15 is 0 Å². The molecule has 0 aliphatic rings. The van der Waals surface area contributed by atoms with E-state index in [-0.39, 0.29) is 13.2 Å². The van der Waals surface area contributed by atoms with Gasteiger partial charge in [0, 0.05) is 0 Å². The molecule has 0 bridgehead atoms. The quantitative estimate of drug-likeness (QED) is 0.483. The van der Waals surface area contributed by atoms with Gasteiger partial charge in [0.2, 0.25) is 0 Å². The predicted molar refractivity (Wildman–Crippen MR) is 93.0 cm³/mol. The standard InChI is InChI=1S/C19H21O3P/c1-17(2)13-14-23(20,21-15-18-9-5-3-6-10-18)22-16-19-11-7-4-8-12-19/h3-12,14H,15-16H2,1-2H3. The van der Waals surface area contributed by atoms with Crippen LogP contribution in [0.1, 0.15) is 25.0 Å². The number of rotatable bonds is 7. The first-order valence-corrected chi connectivity index (χ1v) is 9.06. The molecule has 0 aromatic heterocycles. The van der Waals surface area contributed by atoms with Crippen molar-refractivity contribution in [3.63, 3.8) is 0 Å². The van der Waals surface area contributed by atoms with Crippen molar-refractivity contribution < 1.29 is 13.6 Å². The van der Waals surface area contributed by atoms with Crippen LogP contribution in [0.2, 0.25) is 0 Å². The molecule has 0 aliphatic heterocycles. The maximum Gasteiger partial charge on any atom is 0.362 e. The minimum atomic E-state index is -3.36. The van der Waals surface area contributed by atoms with Gasteiger partial charge in [-0.1, -0.05) is 60.7 Å². The summed E-state index contributed by atoms with van der Waals surface area (Å²) in [6.07, 6.45) is 0. The highest BCUT2D eigenvalue weighted by molar-refractivity contribution is 7.57. The Morgan fingerprint density at radius 3 is 1.74 bits per heavy atom. The molecule has 3 nitrogen and oxygen atoms in total. The summed E-state index contributed by atoms with van der Waals surface area (Å²) in [4.78, 5) is 0. The zero-order chi connectivity index (χ0) is 16.5. The summed E-state index contributed by atoms with van der Waals surface area (Å²) in [6, 6.07) is 19.2. The van der Waals surface area contributed by atoms with E-state index in [9.17, 15) is 4.57 Å². The molecule has 0 atom stereocenters. The lowest BCUT2D eigenvalue weighted by Gasteiger charge is -2.15. The topological polar surface area (TPSA) is 35.5 Å². The molecule has 2 aromatic rings. The summed E-state index contributed by atoms with van der Waals surface area (Å²) in [6.45, 7) is 4.23. The smallest absolute Gasteiger partial charge is 0.300 e. The molecule has 120 valence electrons. The molecule has 0 radical (unpaired) electrons. The van der Waals surface area contributed by atoms with Crippen LogP contribution in [-0.2, 0) is 26.8 Å². The maximum absolute atomic E-state index is 12.9. The van der Waals surface area contributed by atoms with E-state index in [2.05, 4.69) is 5.73 Å². The second-order valence-corrected chi connectivity index (χ2v) is 7.19. The summed E-state index contributed by atoms with van der Waals surface area (Å²) < 4.78 is 24.1. The Morgan fingerprint density at radius 1 is 0.913 bits per heavy atom. The molecular formula is C19H21O3P. The van der Waals surface area contributed by atoms with E-state index in [0.29, 0.717) is 0 Å². The molecule has 0 saturated carbocycles. The van der Waals surface area contributed by atoms with Crippen molar-refractivity contribution in [2.75, 3.05) is 0 Å². The van der Waals surface area contributed by atoms with Crippen LogP contribution in [0.4, 0.5) is 0 Å². The molecule has 0 spiro atoms. The van der Waals surface area contributed by atoms with Gasteiger partial charge < -0.3 is 9.05 Å². The van der Waals surface area contributed by atoms with Gasteiger partial charge in [-0.2, -0.15) is 0 Å². The Kier molecular flexibility index (Phi) is 6.58. The molecule has 0 amide bonds. The van der Waals surface area contributed by atoms with Crippen LogP contribution < -0.4 is 0 Å². The highest BCUT2D eigenvalue weighted by atomic mass is 31.2. The molecule has 2 rings (SSSR count). The molecule has 0 saturated heterocycles. The Balaban J connectivity index is 2.08. The summed E-state index contributed by atoms with van der Waals surface area (Å²) in [5.41, 5.74) is 5.74. The molecule has 0 fully saturated rings. The van der Waals surface area contributed by atoms with Crippen molar-refractivity contribution >= 4 is 7.60 Å². The third kappa shape index (κ3) is 6.40. The van der Waals surface area contributed by atoms with Crippen molar-refractivity contribution in [3.05, 3.63) is 88.9 Å². The SMILES string of the molecule is CC(C)=C=CP(=O)(OCc1ccccc1)OCc1ccccc1. The number of allylic oxidation sites excluding steroid dienone is 1. The van der Waals surface area contributed by atoms with Gasteiger partial charge in [0.1, 0.15) is 0 Å². The molecule has 0 heterocycles. The Labute approximate surface area is 137 Å². The van der Waals surface area contributed by atoms with E-state index < -0.39 is 7.60 Å². The van der Waals surface area contributed by atoms with E-state index in [4.69, 9.17) is 9.05 Å². The minimum absolute atomic E-state index is 0.230.